The van der Waals surface area contributed by atoms with Gasteiger partial charge in [-0.2, -0.15) is 0 Å². The first-order valence-electron chi connectivity index (χ1n) is 4.28. The van der Waals surface area contributed by atoms with Crippen molar-refractivity contribution in [1.82, 2.24) is 4.90 Å². The summed E-state index contributed by atoms with van der Waals surface area (Å²) in [5.41, 5.74) is 0. The minimum absolute atomic E-state index is 0.280. The lowest BCUT2D eigenvalue weighted by Gasteiger charge is -2.20. The number of carbonyl (C=O) groups is 2. The molecule has 7 heteroatoms. The van der Waals surface area contributed by atoms with Crippen molar-refractivity contribution in [1.29, 1.82) is 0 Å². The predicted molar refractivity (Wildman–Crippen MR) is 48.8 cm³/mol. The molecule has 0 saturated carbocycles. The van der Waals surface area contributed by atoms with Crippen molar-refractivity contribution >= 4 is 12.2 Å². The quantitative estimate of drug-likeness (QED) is 0.335. The zero-order valence-corrected chi connectivity index (χ0v) is 8.28. The van der Waals surface area contributed by atoms with E-state index in [2.05, 4.69) is 0 Å². The van der Waals surface area contributed by atoms with Gasteiger partial charge >= 0.3 is 0 Å². The molecule has 0 aliphatic carbocycles. The van der Waals surface area contributed by atoms with E-state index < -0.39 is 30.7 Å². The highest BCUT2D eigenvalue weighted by molar-refractivity contribution is 5.87. The van der Waals surface area contributed by atoms with Crippen LogP contribution >= 0.6 is 0 Å². The molecule has 0 rings (SSSR count). The third-order valence-electron chi connectivity index (χ3n) is 1.81. The molecule has 0 aromatic heterocycles. The summed E-state index contributed by atoms with van der Waals surface area (Å²) in [4.78, 5) is 22.4. The fraction of sp³-hybridized carbons (Fsp3) is 0.750. The number of aliphatic hydroxyl groups is 4. The van der Waals surface area contributed by atoms with Gasteiger partial charge in [-0.05, 0) is 0 Å². The molecule has 4 N–H and O–H groups in total. The van der Waals surface area contributed by atoms with E-state index in [9.17, 15) is 14.7 Å². The Morgan fingerprint density at radius 3 is 2.33 bits per heavy atom. The fourth-order valence-electron chi connectivity index (χ4n) is 0.892. The Hall–Kier alpha value is -1.02. The average Bonchev–Trinajstić information content (AvgIpc) is 2.25. The number of amides is 1. The highest BCUT2D eigenvalue weighted by atomic mass is 16.4. The van der Waals surface area contributed by atoms with Crippen LogP contribution in [0.3, 0.4) is 0 Å². The molecule has 0 spiro atoms. The maximum Gasteiger partial charge on any atom is 0.209 e. The normalized spacial score (nSPS) is 16.6. The summed E-state index contributed by atoms with van der Waals surface area (Å²) in [6, 6.07) is 0. The van der Waals surface area contributed by atoms with Gasteiger partial charge in [0.2, 0.25) is 6.41 Å². The Morgan fingerprint density at radius 2 is 1.93 bits per heavy atom. The number of hydrogen-bond acceptors (Lipinski definition) is 6. The second-order valence-corrected chi connectivity index (χ2v) is 3.16. The van der Waals surface area contributed by atoms with Gasteiger partial charge in [0.25, 0.3) is 0 Å². The van der Waals surface area contributed by atoms with Crippen molar-refractivity contribution in [2.45, 2.75) is 18.3 Å². The maximum atomic E-state index is 11.2. The molecule has 1 amide bonds. The molecule has 0 radical (unpaired) electrons. The average molecular weight is 221 g/mol. The van der Waals surface area contributed by atoms with Crippen molar-refractivity contribution in [2.24, 2.45) is 0 Å². The highest BCUT2D eigenvalue weighted by Gasteiger charge is 2.29. The van der Waals surface area contributed by atoms with Crippen LogP contribution in [-0.4, -0.2) is 76.0 Å². The van der Waals surface area contributed by atoms with E-state index in [1.165, 1.54) is 7.05 Å². The van der Waals surface area contributed by atoms with Crippen LogP contribution in [0.2, 0.25) is 0 Å². The summed E-state index contributed by atoms with van der Waals surface area (Å²) in [5, 5.41) is 35.7. The number of aliphatic hydroxyl groups excluding tert-OH is 4. The van der Waals surface area contributed by atoms with Crippen molar-refractivity contribution in [3.63, 3.8) is 0 Å². The Morgan fingerprint density at radius 1 is 1.40 bits per heavy atom. The van der Waals surface area contributed by atoms with Crippen LogP contribution in [0.4, 0.5) is 0 Å². The molecule has 0 aromatic carbocycles. The molecule has 0 bridgehead atoms. The first kappa shape index (κ1) is 14.0. The summed E-state index contributed by atoms with van der Waals surface area (Å²) in [6.45, 7) is -1.07. The first-order chi connectivity index (χ1) is 6.93. The van der Waals surface area contributed by atoms with Crippen LogP contribution in [0.1, 0.15) is 0 Å². The first-order valence-corrected chi connectivity index (χ1v) is 4.28. The van der Waals surface area contributed by atoms with Gasteiger partial charge in [0.05, 0.1) is 13.2 Å². The second kappa shape index (κ2) is 6.46. The van der Waals surface area contributed by atoms with Gasteiger partial charge in [-0.3, -0.25) is 9.59 Å². The van der Waals surface area contributed by atoms with E-state index in [1.54, 1.807) is 0 Å². The number of rotatable bonds is 7. The SMILES string of the molecule is CN(C=O)C[C@H](O)C(=O)[C@H](O)C(O)CO. The summed E-state index contributed by atoms with van der Waals surface area (Å²) < 4.78 is 0. The molecule has 0 saturated heterocycles. The molecule has 0 heterocycles. The number of likely N-dealkylation sites (N-methyl/N-ethyl adjacent to an activating group) is 1. The summed E-state index contributed by atoms with van der Waals surface area (Å²) in [7, 11) is 1.35. The largest absolute Gasteiger partial charge is 0.394 e. The van der Waals surface area contributed by atoms with E-state index >= 15 is 0 Å². The van der Waals surface area contributed by atoms with Gasteiger partial charge in [-0.25, -0.2) is 0 Å². The van der Waals surface area contributed by atoms with E-state index in [-0.39, 0.29) is 6.54 Å². The standard InChI is InChI=1S/C8H15NO6/c1-9(4-11)2-5(12)7(14)8(15)6(13)3-10/h4-6,8,10,12-13,15H,2-3H2,1H3/t5-,6?,8+/m0/s1. The van der Waals surface area contributed by atoms with Crippen molar-refractivity contribution in [2.75, 3.05) is 20.2 Å². The lowest BCUT2D eigenvalue weighted by Crippen LogP contribution is -2.45. The minimum Gasteiger partial charge on any atom is -0.394 e. The molecule has 7 nitrogen and oxygen atoms in total. The van der Waals surface area contributed by atoms with Crippen LogP contribution in [0.5, 0.6) is 0 Å². The molecule has 0 aromatic rings. The highest BCUT2D eigenvalue weighted by Crippen LogP contribution is 2.00. The van der Waals surface area contributed by atoms with Gasteiger partial charge in [0.15, 0.2) is 5.78 Å². The number of Topliss-reactive ketones (excluding diaryl/α,β-unsaturated/α-hetero) is 1. The molecular weight excluding hydrogens is 206 g/mol. The zero-order valence-electron chi connectivity index (χ0n) is 8.28. The number of carbonyl (C=O) groups excluding carboxylic acids is 2. The van der Waals surface area contributed by atoms with Crippen molar-refractivity contribution in [3.05, 3.63) is 0 Å². The summed E-state index contributed by atoms with van der Waals surface area (Å²) in [5.74, 6) is -1.04. The van der Waals surface area contributed by atoms with E-state index in [4.69, 9.17) is 15.3 Å². The van der Waals surface area contributed by atoms with Gasteiger partial charge in [0.1, 0.15) is 18.3 Å². The molecule has 88 valence electrons. The number of ketones is 1. The lowest BCUT2D eigenvalue weighted by molar-refractivity contribution is -0.144. The maximum absolute atomic E-state index is 11.2. The van der Waals surface area contributed by atoms with Crippen LogP contribution in [-0.2, 0) is 9.59 Å². The van der Waals surface area contributed by atoms with Gasteiger partial charge < -0.3 is 25.3 Å². The minimum atomic E-state index is -1.86. The summed E-state index contributed by atoms with van der Waals surface area (Å²) >= 11 is 0. The van der Waals surface area contributed by atoms with Gasteiger partial charge in [-0.1, -0.05) is 0 Å². The Balaban J connectivity index is 4.24. The zero-order chi connectivity index (χ0) is 12.0. The van der Waals surface area contributed by atoms with E-state index in [1.807, 2.05) is 0 Å². The van der Waals surface area contributed by atoms with Gasteiger partial charge in [0, 0.05) is 7.05 Å². The Labute approximate surface area is 86.6 Å². The molecular formula is C8H15NO6. The molecule has 15 heavy (non-hydrogen) atoms. The molecule has 0 fully saturated rings. The second-order valence-electron chi connectivity index (χ2n) is 3.16. The fourth-order valence-corrected chi connectivity index (χ4v) is 0.892. The van der Waals surface area contributed by atoms with Crippen LogP contribution in [0.25, 0.3) is 0 Å². The molecule has 0 aliphatic heterocycles. The summed E-state index contributed by atoms with van der Waals surface area (Å²) in [6.07, 6.45) is -4.67. The molecule has 3 atom stereocenters. The number of nitrogens with zero attached hydrogens (tertiary/aromatic N) is 1. The third-order valence-corrected chi connectivity index (χ3v) is 1.81. The van der Waals surface area contributed by atoms with E-state index in [0.717, 1.165) is 4.90 Å². The lowest BCUT2D eigenvalue weighted by atomic mass is 10.1. The van der Waals surface area contributed by atoms with Crippen LogP contribution < -0.4 is 0 Å². The number of hydrogen-bond donors (Lipinski definition) is 4. The Kier molecular flexibility index (Phi) is 6.02. The smallest absolute Gasteiger partial charge is 0.209 e. The van der Waals surface area contributed by atoms with Crippen LogP contribution in [0.15, 0.2) is 0 Å². The van der Waals surface area contributed by atoms with Gasteiger partial charge in [-0.15, -0.1) is 0 Å². The molecule has 1 unspecified atom stereocenters. The van der Waals surface area contributed by atoms with E-state index in [0.29, 0.717) is 6.41 Å². The van der Waals surface area contributed by atoms with Crippen LogP contribution in [0, 0.1) is 0 Å². The van der Waals surface area contributed by atoms with Crippen molar-refractivity contribution in [3.8, 4) is 0 Å². The Bertz CT molecular complexity index is 221. The topological polar surface area (TPSA) is 118 Å². The van der Waals surface area contributed by atoms with Crippen molar-refractivity contribution < 1.29 is 30.0 Å². The monoisotopic (exact) mass is 221 g/mol. The molecule has 0 aliphatic rings. The predicted octanol–water partition coefficient (Wildman–Crippen LogP) is -3.28. The third kappa shape index (κ3) is 4.34.